The summed E-state index contributed by atoms with van der Waals surface area (Å²) in [5, 5.41) is 4.81. The van der Waals surface area contributed by atoms with Crippen molar-refractivity contribution in [3.8, 4) is 0 Å². The predicted octanol–water partition coefficient (Wildman–Crippen LogP) is 3.61. The number of nitrogens with one attached hydrogen (secondary N) is 1. The molecule has 1 N–H and O–H groups in total. The van der Waals surface area contributed by atoms with Crippen LogP contribution in [0.5, 0.6) is 0 Å². The molecule has 1 heterocycles. The molecule has 2 nitrogen and oxygen atoms in total. The normalized spacial score (nSPS) is 13.8. The summed E-state index contributed by atoms with van der Waals surface area (Å²) in [7, 11) is 4.16. The molecule has 1 aromatic rings. The quantitative estimate of drug-likeness (QED) is 0.832. The zero-order chi connectivity index (χ0) is 12.8. The first kappa shape index (κ1) is 14.3. The van der Waals surface area contributed by atoms with Crippen LogP contribution in [0.2, 0.25) is 0 Å². The number of anilines is 1. The zero-order valence-electron chi connectivity index (χ0n) is 11.6. The summed E-state index contributed by atoms with van der Waals surface area (Å²) >= 11 is 1.83. The first-order chi connectivity index (χ1) is 8.04. The third kappa shape index (κ3) is 4.52. The number of thiophene rings is 1. The smallest absolute Gasteiger partial charge is 0.0909 e. The van der Waals surface area contributed by atoms with Gasteiger partial charge in [0.05, 0.1) is 5.00 Å². The van der Waals surface area contributed by atoms with E-state index >= 15 is 0 Å². The van der Waals surface area contributed by atoms with Gasteiger partial charge in [-0.05, 0) is 45.0 Å². The van der Waals surface area contributed by atoms with Gasteiger partial charge in [-0.1, -0.05) is 12.5 Å². The second kappa shape index (κ2) is 6.82. The fourth-order valence-electron chi connectivity index (χ4n) is 1.53. The number of nitrogens with zero attached hydrogens (tertiary/aromatic N) is 1. The van der Waals surface area contributed by atoms with Gasteiger partial charge in [0.15, 0.2) is 0 Å². The van der Waals surface area contributed by atoms with E-state index in [0.717, 1.165) is 6.54 Å². The van der Waals surface area contributed by atoms with Gasteiger partial charge >= 0.3 is 0 Å². The molecule has 1 atom stereocenters. The van der Waals surface area contributed by atoms with Crippen molar-refractivity contribution in [2.24, 2.45) is 0 Å². The largest absolute Gasteiger partial charge is 0.370 e. The summed E-state index contributed by atoms with van der Waals surface area (Å²) in [5.74, 6) is 0. The highest BCUT2D eigenvalue weighted by Gasteiger charge is 2.04. The highest BCUT2D eigenvalue weighted by atomic mass is 32.1. The van der Waals surface area contributed by atoms with Gasteiger partial charge in [0.25, 0.3) is 0 Å². The van der Waals surface area contributed by atoms with Gasteiger partial charge in [0.2, 0.25) is 0 Å². The lowest BCUT2D eigenvalue weighted by molar-refractivity contribution is 0.604. The average Bonchev–Trinajstić information content (AvgIpc) is 2.74. The summed E-state index contributed by atoms with van der Waals surface area (Å²) in [6.07, 6.45) is 3.46. The lowest BCUT2D eigenvalue weighted by atomic mass is 10.1. The summed E-state index contributed by atoms with van der Waals surface area (Å²) < 4.78 is 0. The first-order valence-electron chi connectivity index (χ1n) is 6.23. The van der Waals surface area contributed by atoms with Crippen LogP contribution in [0.4, 0.5) is 5.00 Å². The van der Waals surface area contributed by atoms with E-state index in [-0.39, 0.29) is 0 Å². The van der Waals surface area contributed by atoms with E-state index in [1.807, 2.05) is 11.3 Å². The molecule has 0 aliphatic rings. The molecule has 0 amide bonds. The van der Waals surface area contributed by atoms with Crippen LogP contribution in [-0.2, 0) is 0 Å². The molecule has 1 aromatic heterocycles. The molecule has 0 radical (unpaired) electrons. The maximum Gasteiger partial charge on any atom is 0.0909 e. The van der Waals surface area contributed by atoms with E-state index < -0.39 is 0 Å². The van der Waals surface area contributed by atoms with Crippen LogP contribution in [0, 0.1) is 0 Å². The minimum Gasteiger partial charge on any atom is -0.370 e. The molecular weight excluding hydrogens is 228 g/mol. The molecule has 17 heavy (non-hydrogen) atoms. The third-order valence-corrected chi connectivity index (χ3v) is 4.01. The Morgan fingerprint density at radius 3 is 2.71 bits per heavy atom. The van der Waals surface area contributed by atoms with Crippen LogP contribution in [0.15, 0.2) is 17.7 Å². The van der Waals surface area contributed by atoms with Gasteiger partial charge in [0.1, 0.15) is 0 Å². The highest BCUT2D eigenvalue weighted by Crippen LogP contribution is 2.26. The van der Waals surface area contributed by atoms with Gasteiger partial charge < -0.3 is 10.2 Å². The van der Waals surface area contributed by atoms with Crippen molar-refractivity contribution in [3.05, 3.63) is 22.6 Å². The SMILES string of the molecule is CCCNC(C)/C(C)=C/c1ccc(N(C)C)s1. The van der Waals surface area contributed by atoms with Gasteiger partial charge in [0, 0.05) is 25.0 Å². The van der Waals surface area contributed by atoms with Gasteiger partial charge in [-0.3, -0.25) is 0 Å². The van der Waals surface area contributed by atoms with Gasteiger partial charge in [-0.2, -0.15) is 0 Å². The molecule has 0 saturated carbocycles. The number of hydrogen-bond donors (Lipinski definition) is 1. The van der Waals surface area contributed by atoms with Gasteiger partial charge in [-0.15, -0.1) is 11.3 Å². The molecule has 0 aromatic carbocycles. The maximum absolute atomic E-state index is 3.51. The molecule has 0 spiro atoms. The number of rotatable bonds is 6. The van der Waals surface area contributed by atoms with E-state index in [0.29, 0.717) is 6.04 Å². The Balaban J connectivity index is 2.66. The Morgan fingerprint density at radius 2 is 2.18 bits per heavy atom. The predicted molar refractivity (Wildman–Crippen MR) is 80.1 cm³/mol. The second-order valence-corrected chi connectivity index (χ2v) is 5.73. The lowest BCUT2D eigenvalue weighted by Crippen LogP contribution is -2.27. The summed E-state index contributed by atoms with van der Waals surface area (Å²) in [6.45, 7) is 7.70. The van der Waals surface area contributed by atoms with E-state index in [9.17, 15) is 0 Å². The van der Waals surface area contributed by atoms with E-state index in [1.54, 1.807) is 0 Å². The molecule has 1 unspecified atom stereocenters. The highest BCUT2D eigenvalue weighted by molar-refractivity contribution is 7.16. The Kier molecular flexibility index (Phi) is 5.72. The van der Waals surface area contributed by atoms with Crippen molar-refractivity contribution in [1.82, 2.24) is 5.32 Å². The van der Waals surface area contributed by atoms with Crippen LogP contribution in [-0.4, -0.2) is 26.7 Å². The van der Waals surface area contributed by atoms with Crippen molar-refractivity contribution in [3.63, 3.8) is 0 Å². The standard InChI is InChI=1S/C14H24N2S/c1-6-9-15-12(3)11(2)10-13-7-8-14(17-13)16(4)5/h7-8,10,12,15H,6,9H2,1-5H3/b11-10+. The average molecular weight is 252 g/mol. The van der Waals surface area contributed by atoms with Crippen molar-refractivity contribution >= 4 is 22.4 Å². The fourth-order valence-corrected chi connectivity index (χ4v) is 2.47. The minimum absolute atomic E-state index is 0.458. The molecule has 0 aliphatic carbocycles. The molecule has 0 bridgehead atoms. The Hall–Kier alpha value is -0.800. The molecule has 3 heteroatoms. The third-order valence-electron chi connectivity index (χ3n) is 2.81. The molecule has 0 aliphatic heterocycles. The summed E-state index contributed by atoms with van der Waals surface area (Å²) in [6, 6.07) is 4.82. The second-order valence-electron chi connectivity index (χ2n) is 4.63. The van der Waals surface area contributed by atoms with Crippen LogP contribution < -0.4 is 10.2 Å². The van der Waals surface area contributed by atoms with E-state index in [2.05, 4.69) is 63.3 Å². The van der Waals surface area contributed by atoms with Crippen molar-refractivity contribution in [2.45, 2.75) is 33.2 Å². The summed E-state index contributed by atoms with van der Waals surface area (Å²) in [5.41, 5.74) is 1.39. The van der Waals surface area contributed by atoms with Crippen molar-refractivity contribution in [2.75, 3.05) is 25.5 Å². The first-order valence-corrected chi connectivity index (χ1v) is 7.05. The van der Waals surface area contributed by atoms with Crippen LogP contribution >= 0.6 is 11.3 Å². The van der Waals surface area contributed by atoms with Crippen LogP contribution in [0.3, 0.4) is 0 Å². The topological polar surface area (TPSA) is 15.3 Å². The molecule has 1 rings (SSSR count). The minimum atomic E-state index is 0.458. The van der Waals surface area contributed by atoms with Crippen LogP contribution in [0.25, 0.3) is 6.08 Å². The monoisotopic (exact) mass is 252 g/mol. The lowest BCUT2D eigenvalue weighted by Gasteiger charge is -2.13. The number of hydrogen-bond acceptors (Lipinski definition) is 3. The van der Waals surface area contributed by atoms with E-state index in [4.69, 9.17) is 0 Å². The Morgan fingerprint density at radius 1 is 1.47 bits per heavy atom. The zero-order valence-corrected chi connectivity index (χ0v) is 12.4. The van der Waals surface area contributed by atoms with Gasteiger partial charge in [-0.25, -0.2) is 0 Å². The summed E-state index contributed by atoms with van der Waals surface area (Å²) in [4.78, 5) is 3.48. The van der Waals surface area contributed by atoms with Crippen LogP contribution in [0.1, 0.15) is 32.1 Å². The molecular formula is C14H24N2S. The van der Waals surface area contributed by atoms with E-state index in [1.165, 1.54) is 21.9 Å². The Bertz CT molecular complexity index is 366. The Labute approximate surface area is 109 Å². The molecule has 0 saturated heterocycles. The maximum atomic E-state index is 3.51. The van der Waals surface area contributed by atoms with Crippen molar-refractivity contribution in [1.29, 1.82) is 0 Å². The molecule has 96 valence electrons. The fraction of sp³-hybridized carbons (Fsp3) is 0.571. The molecule has 0 fully saturated rings. The van der Waals surface area contributed by atoms with Crippen molar-refractivity contribution < 1.29 is 0 Å².